The van der Waals surface area contributed by atoms with Crippen LogP contribution < -0.4 is 14.4 Å². The zero-order valence-corrected chi connectivity index (χ0v) is 16.3. The summed E-state index contributed by atoms with van der Waals surface area (Å²) < 4.78 is 10.9. The largest absolute Gasteiger partial charge is 0.423 e. The summed E-state index contributed by atoms with van der Waals surface area (Å²) >= 11 is 0. The molecule has 5 heteroatoms. The molecule has 0 amide bonds. The molecule has 27 heavy (non-hydrogen) atoms. The van der Waals surface area contributed by atoms with E-state index in [-0.39, 0.29) is 24.8 Å². The van der Waals surface area contributed by atoms with Crippen molar-refractivity contribution in [2.24, 2.45) is 0 Å². The van der Waals surface area contributed by atoms with Gasteiger partial charge >= 0.3 is 11.9 Å². The van der Waals surface area contributed by atoms with E-state index in [9.17, 15) is 9.59 Å². The number of para-hydroxylation sites is 1. The smallest absolute Gasteiger partial charge is 0.311 e. The fourth-order valence-electron chi connectivity index (χ4n) is 3.41. The molecule has 0 spiro atoms. The summed E-state index contributed by atoms with van der Waals surface area (Å²) in [6.07, 6.45) is 1.44. The minimum Gasteiger partial charge on any atom is -0.423 e. The van der Waals surface area contributed by atoms with Crippen LogP contribution in [0.2, 0.25) is 0 Å². The Bertz CT molecular complexity index is 888. The van der Waals surface area contributed by atoms with Gasteiger partial charge in [0.1, 0.15) is 0 Å². The lowest BCUT2D eigenvalue weighted by Crippen LogP contribution is -2.23. The molecule has 3 rings (SSSR count). The highest BCUT2D eigenvalue weighted by molar-refractivity contribution is 5.88. The second-order valence-corrected chi connectivity index (χ2v) is 6.63. The van der Waals surface area contributed by atoms with Crippen molar-refractivity contribution in [1.29, 1.82) is 0 Å². The van der Waals surface area contributed by atoms with Crippen LogP contribution in [0.3, 0.4) is 0 Å². The van der Waals surface area contributed by atoms with E-state index in [0.717, 1.165) is 23.1 Å². The molecule has 142 valence electrons. The maximum absolute atomic E-state index is 11.9. The monoisotopic (exact) mass is 367 g/mol. The molecule has 0 radical (unpaired) electrons. The lowest BCUT2D eigenvalue weighted by atomic mass is 9.90. The second-order valence-electron chi connectivity index (χ2n) is 6.63. The van der Waals surface area contributed by atoms with Crippen LogP contribution in [-0.4, -0.2) is 19.0 Å². The van der Waals surface area contributed by atoms with Crippen LogP contribution in [-0.2, 0) is 22.6 Å². The van der Waals surface area contributed by atoms with E-state index >= 15 is 0 Å². The van der Waals surface area contributed by atoms with Crippen molar-refractivity contribution in [3.63, 3.8) is 0 Å². The van der Waals surface area contributed by atoms with Crippen LogP contribution in [0.5, 0.6) is 11.5 Å². The minimum atomic E-state index is -0.362. The van der Waals surface area contributed by atoms with E-state index in [4.69, 9.17) is 9.47 Å². The van der Waals surface area contributed by atoms with Crippen molar-refractivity contribution >= 4 is 17.6 Å². The van der Waals surface area contributed by atoms with Gasteiger partial charge in [-0.3, -0.25) is 9.59 Å². The number of benzene rings is 2. The van der Waals surface area contributed by atoms with E-state index in [1.165, 1.54) is 11.3 Å². The Kier molecular flexibility index (Phi) is 5.49. The highest BCUT2D eigenvalue weighted by Gasteiger charge is 2.25. The molecule has 1 aliphatic rings. The second kappa shape index (κ2) is 7.82. The van der Waals surface area contributed by atoms with Crippen LogP contribution in [0.15, 0.2) is 30.3 Å². The van der Waals surface area contributed by atoms with Gasteiger partial charge in [0, 0.05) is 37.7 Å². The van der Waals surface area contributed by atoms with Crippen LogP contribution in [0.4, 0.5) is 5.69 Å². The number of hydrogen-bond donors (Lipinski definition) is 0. The van der Waals surface area contributed by atoms with E-state index in [2.05, 4.69) is 31.0 Å². The molecule has 0 bridgehead atoms. The molecule has 0 aliphatic carbocycles. The van der Waals surface area contributed by atoms with E-state index in [0.29, 0.717) is 18.0 Å². The first-order valence-electron chi connectivity index (χ1n) is 9.40. The summed E-state index contributed by atoms with van der Waals surface area (Å²) in [7, 11) is 2.06. The minimum absolute atomic E-state index is 0.248. The number of nitrogens with zero attached hydrogens (tertiary/aromatic N) is 1. The molecule has 0 saturated carbocycles. The molecule has 0 unspecified atom stereocenters. The predicted molar refractivity (Wildman–Crippen MR) is 105 cm³/mol. The molecule has 0 fully saturated rings. The van der Waals surface area contributed by atoms with Crippen molar-refractivity contribution in [1.82, 2.24) is 0 Å². The molecule has 1 heterocycles. The third-order valence-electron chi connectivity index (χ3n) is 4.77. The van der Waals surface area contributed by atoms with Gasteiger partial charge in [0.2, 0.25) is 0 Å². The van der Waals surface area contributed by atoms with Gasteiger partial charge in [-0.25, -0.2) is 0 Å². The normalized spacial score (nSPS) is 12.2. The zero-order valence-electron chi connectivity index (χ0n) is 16.3. The molecule has 5 nitrogen and oxygen atoms in total. The van der Waals surface area contributed by atoms with Crippen LogP contribution in [0.25, 0.3) is 11.1 Å². The lowest BCUT2D eigenvalue weighted by molar-refractivity contribution is -0.136. The first-order valence-corrected chi connectivity index (χ1v) is 9.40. The molecule has 0 N–H and O–H groups in total. The molecule has 2 aromatic carbocycles. The van der Waals surface area contributed by atoms with E-state index in [1.54, 1.807) is 13.8 Å². The molecule has 2 aromatic rings. The molecule has 0 atom stereocenters. The number of fused-ring (bicyclic) bond motifs is 3. The third kappa shape index (κ3) is 3.68. The maximum Gasteiger partial charge on any atom is 0.311 e. The van der Waals surface area contributed by atoms with Gasteiger partial charge in [0.25, 0.3) is 0 Å². The topological polar surface area (TPSA) is 55.8 Å². The Morgan fingerprint density at radius 2 is 1.59 bits per heavy atom. The first kappa shape index (κ1) is 19.0. The Morgan fingerprint density at radius 3 is 2.19 bits per heavy atom. The van der Waals surface area contributed by atoms with Crippen molar-refractivity contribution in [2.75, 3.05) is 11.9 Å². The number of carbonyl (C=O) groups excluding carboxylic acids is 2. The van der Waals surface area contributed by atoms with Gasteiger partial charge in [0.15, 0.2) is 11.5 Å². The number of aryl methyl sites for hydroxylation is 1. The molecule has 0 aromatic heterocycles. The fraction of sp³-hybridized carbons (Fsp3) is 0.364. The highest BCUT2D eigenvalue weighted by atomic mass is 16.6. The summed E-state index contributed by atoms with van der Waals surface area (Å²) in [5.74, 6) is -0.133. The van der Waals surface area contributed by atoms with Gasteiger partial charge in [-0.2, -0.15) is 0 Å². The van der Waals surface area contributed by atoms with Crippen molar-refractivity contribution in [3.05, 3.63) is 41.5 Å². The Morgan fingerprint density at radius 1 is 0.963 bits per heavy atom. The Hall–Kier alpha value is -2.82. The van der Waals surface area contributed by atoms with E-state index < -0.39 is 0 Å². The Labute approximate surface area is 159 Å². The standard InChI is InChI=1S/C22H25NO4/c1-5-14-9-8-10-16-17-12-19(27-21(25)7-3)18(26-20(24)6-2)11-15(17)13-23(4)22(14)16/h8-12H,5-7,13H2,1-4H3. The highest BCUT2D eigenvalue weighted by Crippen LogP contribution is 2.45. The summed E-state index contributed by atoms with van der Waals surface area (Å²) in [6, 6.07) is 9.90. The third-order valence-corrected chi connectivity index (χ3v) is 4.77. The molecule has 1 aliphatic heterocycles. The van der Waals surface area contributed by atoms with Crippen LogP contribution >= 0.6 is 0 Å². The zero-order chi connectivity index (χ0) is 19.6. The fourth-order valence-corrected chi connectivity index (χ4v) is 3.41. The first-order chi connectivity index (χ1) is 13.0. The number of carbonyl (C=O) groups is 2. The average Bonchev–Trinajstić information content (AvgIpc) is 2.68. The van der Waals surface area contributed by atoms with Crippen molar-refractivity contribution in [2.45, 2.75) is 46.6 Å². The maximum atomic E-state index is 11.9. The SMILES string of the molecule is CCC(=O)Oc1cc2c(cc1OC(=O)CC)-c1cccc(CC)c1N(C)C2. The van der Waals surface area contributed by atoms with Crippen LogP contribution in [0.1, 0.15) is 44.7 Å². The quantitative estimate of drug-likeness (QED) is 0.575. The number of rotatable bonds is 5. The van der Waals surface area contributed by atoms with Gasteiger partial charge in [-0.05, 0) is 35.2 Å². The molecular weight excluding hydrogens is 342 g/mol. The predicted octanol–water partition coefficient (Wildman–Crippen LogP) is 4.50. The Balaban J connectivity index is 2.16. The van der Waals surface area contributed by atoms with Crippen molar-refractivity contribution < 1.29 is 19.1 Å². The van der Waals surface area contributed by atoms with Gasteiger partial charge in [0.05, 0.1) is 0 Å². The van der Waals surface area contributed by atoms with Crippen LogP contribution in [0, 0.1) is 0 Å². The summed E-state index contributed by atoms with van der Waals surface area (Å²) in [4.78, 5) is 25.9. The number of anilines is 1. The summed E-state index contributed by atoms with van der Waals surface area (Å²) in [5, 5.41) is 0. The summed E-state index contributed by atoms with van der Waals surface area (Å²) in [6.45, 7) is 6.30. The van der Waals surface area contributed by atoms with Gasteiger partial charge in [-0.1, -0.05) is 39.0 Å². The lowest BCUT2D eigenvalue weighted by Gasteiger charge is -2.32. The van der Waals surface area contributed by atoms with E-state index in [1.807, 2.05) is 18.2 Å². The number of esters is 2. The molecular formula is C22H25NO4. The number of hydrogen-bond acceptors (Lipinski definition) is 5. The van der Waals surface area contributed by atoms with Gasteiger partial charge in [-0.15, -0.1) is 0 Å². The van der Waals surface area contributed by atoms with Gasteiger partial charge < -0.3 is 14.4 Å². The van der Waals surface area contributed by atoms with Crippen molar-refractivity contribution in [3.8, 4) is 22.6 Å². The summed E-state index contributed by atoms with van der Waals surface area (Å²) in [5.41, 5.74) is 5.61. The molecule has 0 saturated heterocycles. The average molecular weight is 367 g/mol. The number of ether oxygens (including phenoxy) is 2.